The Balaban J connectivity index is 1.69. The van der Waals surface area contributed by atoms with Crippen LogP contribution < -0.4 is 10.6 Å². The number of carboxylic acid groups (broad SMARTS) is 1. The summed E-state index contributed by atoms with van der Waals surface area (Å²) in [5.74, 6) is 0.340. The number of carbonyl (C=O) groups excluding carboxylic acids is 1. The Hall–Kier alpha value is -0.940. The van der Waals surface area contributed by atoms with E-state index in [-0.39, 0.29) is 29.7 Å². The molecule has 3 aliphatic carbocycles. The molecule has 0 radical (unpaired) electrons. The van der Waals surface area contributed by atoms with Crippen LogP contribution in [0.4, 0.5) is 0 Å². The molecule has 0 aromatic carbocycles. The lowest BCUT2D eigenvalue weighted by molar-refractivity contribution is -0.155. The van der Waals surface area contributed by atoms with Crippen LogP contribution in [-0.4, -0.2) is 35.6 Å². The van der Waals surface area contributed by atoms with Gasteiger partial charge in [-0.25, -0.2) is 0 Å². The summed E-state index contributed by atoms with van der Waals surface area (Å²) in [7, 11) is 0. The van der Waals surface area contributed by atoms with E-state index in [9.17, 15) is 14.7 Å². The molecule has 0 aromatic heterocycles. The standard InChI is InChI=1S/C16H24N2O3/c19-15-9-4-2-1-3-8(9)13-12-10(15)5-6-11(16(20)21)14(12)18-7-17-13/h8-14,17-18H,1-7H2,(H,20,21). The topological polar surface area (TPSA) is 78.4 Å². The van der Waals surface area contributed by atoms with Crippen LogP contribution in [0.1, 0.15) is 38.5 Å². The molecule has 4 aliphatic rings. The molecular weight excluding hydrogens is 268 g/mol. The summed E-state index contributed by atoms with van der Waals surface area (Å²) in [5, 5.41) is 16.4. The largest absolute Gasteiger partial charge is 0.481 e. The first kappa shape index (κ1) is 13.7. The van der Waals surface area contributed by atoms with Crippen LogP contribution in [0.15, 0.2) is 0 Å². The average Bonchev–Trinajstić information content (AvgIpc) is 2.51. The van der Waals surface area contributed by atoms with Gasteiger partial charge in [0.2, 0.25) is 0 Å². The van der Waals surface area contributed by atoms with Gasteiger partial charge in [0.05, 0.1) is 5.92 Å². The predicted molar refractivity (Wildman–Crippen MR) is 76.5 cm³/mol. The van der Waals surface area contributed by atoms with Crippen LogP contribution in [-0.2, 0) is 9.59 Å². The second-order valence-corrected chi connectivity index (χ2v) is 7.30. The molecule has 5 heteroatoms. The molecule has 4 fully saturated rings. The monoisotopic (exact) mass is 292 g/mol. The van der Waals surface area contributed by atoms with E-state index in [0.29, 0.717) is 30.8 Å². The first-order valence-corrected chi connectivity index (χ1v) is 8.42. The third-order valence-electron chi connectivity index (χ3n) is 6.52. The van der Waals surface area contributed by atoms with Crippen molar-refractivity contribution in [3.63, 3.8) is 0 Å². The summed E-state index contributed by atoms with van der Waals surface area (Å²) < 4.78 is 0. The molecule has 4 rings (SSSR count). The van der Waals surface area contributed by atoms with E-state index in [1.807, 2.05) is 0 Å². The molecule has 3 N–H and O–H groups in total. The quantitative estimate of drug-likeness (QED) is 0.672. The molecule has 7 unspecified atom stereocenters. The number of hydrogen-bond donors (Lipinski definition) is 3. The molecule has 0 aromatic rings. The summed E-state index contributed by atoms with van der Waals surface area (Å²) in [4.78, 5) is 24.4. The van der Waals surface area contributed by atoms with Gasteiger partial charge in [0, 0.05) is 36.5 Å². The van der Waals surface area contributed by atoms with Crippen molar-refractivity contribution in [2.75, 3.05) is 6.67 Å². The Bertz CT molecular complexity index is 466. The number of Topliss-reactive ketones (excluding diaryl/α,β-unsaturated/α-hetero) is 1. The normalized spacial score (nSPS) is 49.1. The van der Waals surface area contributed by atoms with E-state index in [1.165, 1.54) is 12.8 Å². The van der Waals surface area contributed by atoms with E-state index < -0.39 is 5.97 Å². The number of aliphatic carboxylic acids is 1. The average molecular weight is 292 g/mol. The highest BCUT2D eigenvalue weighted by molar-refractivity contribution is 5.86. The summed E-state index contributed by atoms with van der Waals surface area (Å²) in [6.45, 7) is 0.680. The molecule has 1 aliphatic heterocycles. The summed E-state index contributed by atoms with van der Waals surface area (Å²) in [5.41, 5.74) is 0. The van der Waals surface area contributed by atoms with Crippen molar-refractivity contribution in [3.8, 4) is 0 Å². The zero-order valence-corrected chi connectivity index (χ0v) is 12.3. The lowest BCUT2D eigenvalue weighted by atomic mass is 9.53. The fraction of sp³-hybridized carbons (Fsp3) is 0.875. The van der Waals surface area contributed by atoms with Gasteiger partial charge in [-0.15, -0.1) is 0 Å². The fourth-order valence-electron chi connectivity index (χ4n) is 5.70. The Morgan fingerprint density at radius 2 is 1.76 bits per heavy atom. The first-order valence-electron chi connectivity index (χ1n) is 8.42. The highest BCUT2D eigenvalue weighted by Crippen LogP contribution is 2.50. The summed E-state index contributed by atoms with van der Waals surface area (Å²) >= 11 is 0. The van der Waals surface area contributed by atoms with Crippen molar-refractivity contribution in [2.24, 2.45) is 29.6 Å². The molecule has 116 valence electrons. The number of fused-ring (bicyclic) bond motifs is 2. The number of nitrogens with one attached hydrogen (secondary N) is 2. The molecule has 1 saturated heterocycles. The number of hydrogen-bond acceptors (Lipinski definition) is 4. The zero-order valence-electron chi connectivity index (χ0n) is 12.3. The predicted octanol–water partition coefficient (Wildman–Crippen LogP) is 0.990. The number of carboxylic acids is 1. The third kappa shape index (κ3) is 1.97. The van der Waals surface area contributed by atoms with Crippen molar-refractivity contribution in [2.45, 2.75) is 50.6 Å². The zero-order chi connectivity index (χ0) is 14.6. The van der Waals surface area contributed by atoms with E-state index in [1.54, 1.807) is 0 Å². The number of carbonyl (C=O) groups is 2. The smallest absolute Gasteiger partial charge is 0.308 e. The van der Waals surface area contributed by atoms with Crippen LogP contribution in [0, 0.1) is 29.6 Å². The lowest BCUT2D eigenvalue weighted by Crippen LogP contribution is -2.70. The highest BCUT2D eigenvalue weighted by atomic mass is 16.4. The van der Waals surface area contributed by atoms with Crippen LogP contribution in [0.25, 0.3) is 0 Å². The molecule has 7 atom stereocenters. The second kappa shape index (κ2) is 5.06. The maximum Gasteiger partial charge on any atom is 0.308 e. The minimum absolute atomic E-state index is 0.0284. The van der Waals surface area contributed by atoms with Crippen molar-refractivity contribution < 1.29 is 14.7 Å². The van der Waals surface area contributed by atoms with Crippen LogP contribution in [0.5, 0.6) is 0 Å². The van der Waals surface area contributed by atoms with Crippen LogP contribution >= 0.6 is 0 Å². The van der Waals surface area contributed by atoms with Crippen molar-refractivity contribution in [3.05, 3.63) is 0 Å². The van der Waals surface area contributed by atoms with E-state index in [2.05, 4.69) is 10.6 Å². The van der Waals surface area contributed by atoms with Crippen LogP contribution in [0.2, 0.25) is 0 Å². The van der Waals surface area contributed by atoms with Gasteiger partial charge in [0.1, 0.15) is 5.78 Å². The maximum atomic E-state index is 12.9. The second-order valence-electron chi connectivity index (χ2n) is 7.30. The molecule has 0 spiro atoms. The van der Waals surface area contributed by atoms with E-state index in [4.69, 9.17) is 0 Å². The molecular formula is C16H24N2O3. The van der Waals surface area contributed by atoms with Crippen molar-refractivity contribution in [1.29, 1.82) is 0 Å². The van der Waals surface area contributed by atoms with Crippen molar-refractivity contribution in [1.82, 2.24) is 10.6 Å². The minimum Gasteiger partial charge on any atom is -0.481 e. The molecule has 0 amide bonds. The molecule has 1 heterocycles. The first-order chi connectivity index (χ1) is 10.2. The summed E-state index contributed by atoms with van der Waals surface area (Å²) in [6.07, 6.45) is 5.97. The molecule has 0 bridgehead atoms. The van der Waals surface area contributed by atoms with Crippen LogP contribution in [0.3, 0.4) is 0 Å². The fourth-order valence-corrected chi connectivity index (χ4v) is 5.70. The van der Waals surface area contributed by atoms with Gasteiger partial charge in [0.25, 0.3) is 0 Å². The highest BCUT2D eigenvalue weighted by Gasteiger charge is 2.57. The molecule has 3 saturated carbocycles. The Morgan fingerprint density at radius 1 is 1.00 bits per heavy atom. The van der Waals surface area contributed by atoms with Gasteiger partial charge >= 0.3 is 5.97 Å². The van der Waals surface area contributed by atoms with E-state index >= 15 is 0 Å². The van der Waals surface area contributed by atoms with Gasteiger partial charge in [0.15, 0.2) is 0 Å². The van der Waals surface area contributed by atoms with Crippen molar-refractivity contribution >= 4 is 11.8 Å². The third-order valence-corrected chi connectivity index (χ3v) is 6.52. The van der Waals surface area contributed by atoms with Gasteiger partial charge in [-0.1, -0.05) is 12.8 Å². The van der Waals surface area contributed by atoms with Gasteiger partial charge < -0.3 is 15.7 Å². The van der Waals surface area contributed by atoms with E-state index in [0.717, 1.165) is 19.3 Å². The molecule has 5 nitrogen and oxygen atoms in total. The molecule has 21 heavy (non-hydrogen) atoms. The van der Waals surface area contributed by atoms with Gasteiger partial charge in [-0.05, 0) is 31.6 Å². The summed E-state index contributed by atoms with van der Waals surface area (Å²) in [6, 6.07) is 0.311. The Kier molecular flexibility index (Phi) is 3.30. The SMILES string of the molecule is O=C(O)C1CCC2C(=O)C3CCCCC3C3NCNC1C23. The van der Waals surface area contributed by atoms with Gasteiger partial charge in [-0.2, -0.15) is 0 Å². The lowest BCUT2D eigenvalue weighted by Gasteiger charge is -2.56. The Morgan fingerprint density at radius 3 is 2.57 bits per heavy atom. The minimum atomic E-state index is -0.704. The number of ketones is 1. The maximum absolute atomic E-state index is 12.9. The number of rotatable bonds is 1. The van der Waals surface area contributed by atoms with Gasteiger partial charge in [-0.3, -0.25) is 9.59 Å². The Labute approximate surface area is 124 Å².